The lowest BCUT2D eigenvalue weighted by atomic mass is 9.97. The molecule has 1 unspecified atom stereocenters. The summed E-state index contributed by atoms with van der Waals surface area (Å²) in [5.41, 5.74) is 1.93. The lowest BCUT2D eigenvalue weighted by molar-refractivity contribution is -0.119. The van der Waals surface area contributed by atoms with Crippen molar-refractivity contribution in [3.63, 3.8) is 0 Å². The standard InChI is InChI=1S/C18H25ClN2O2/c1-13(8-16-9-17(19)5-6-18(16)23)11-21-7-3-4-15(12-21)10-20-14(2)22/h5-6,8-9,15,23H,3-4,7,10-12H2,1-2H3,(H,20,22). The van der Waals surface area contributed by atoms with Crippen LogP contribution >= 0.6 is 11.6 Å². The van der Waals surface area contributed by atoms with Gasteiger partial charge in [-0.05, 0) is 50.4 Å². The maximum atomic E-state index is 11.0. The highest BCUT2D eigenvalue weighted by Crippen LogP contribution is 2.24. The van der Waals surface area contributed by atoms with Crippen LogP contribution in [0.2, 0.25) is 5.02 Å². The van der Waals surface area contributed by atoms with Crippen molar-refractivity contribution in [1.82, 2.24) is 10.2 Å². The van der Waals surface area contributed by atoms with E-state index in [1.807, 2.05) is 6.08 Å². The SMILES string of the molecule is CC(=O)NCC1CCCN(CC(C)=Cc2cc(Cl)ccc2O)C1. The monoisotopic (exact) mass is 336 g/mol. The predicted molar refractivity (Wildman–Crippen MR) is 94.6 cm³/mol. The molecule has 1 fully saturated rings. The molecule has 0 bridgehead atoms. The Kier molecular flexibility index (Phi) is 6.48. The number of halogens is 1. The van der Waals surface area contributed by atoms with Crippen LogP contribution in [0.1, 0.15) is 32.3 Å². The first kappa shape index (κ1) is 17.8. The number of carbonyl (C=O) groups excluding carboxylic acids is 1. The number of likely N-dealkylation sites (tertiary alicyclic amines) is 1. The van der Waals surface area contributed by atoms with Crippen molar-refractivity contribution in [2.45, 2.75) is 26.7 Å². The van der Waals surface area contributed by atoms with Gasteiger partial charge in [-0.25, -0.2) is 0 Å². The van der Waals surface area contributed by atoms with Crippen LogP contribution in [-0.2, 0) is 4.79 Å². The third kappa shape index (κ3) is 5.88. The van der Waals surface area contributed by atoms with Crippen molar-refractivity contribution in [2.24, 2.45) is 5.92 Å². The van der Waals surface area contributed by atoms with Gasteiger partial charge in [0.25, 0.3) is 0 Å². The fraction of sp³-hybridized carbons (Fsp3) is 0.500. The molecule has 0 aliphatic carbocycles. The molecular formula is C18H25ClN2O2. The van der Waals surface area contributed by atoms with Gasteiger partial charge in [-0.2, -0.15) is 0 Å². The average Bonchev–Trinajstić information content (AvgIpc) is 2.49. The van der Waals surface area contributed by atoms with E-state index in [1.165, 1.54) is 5.57 Å². The molecule has 5 heteroatoms. The molecule has 4 nitrogen and oxygen atoms in total. The highest BCUT2D eigenvalue weighted by molar-refractivity contribution is 6.30. The summed E-state index contributed by atoms with van der Waals surface area (Å²) >= 11 is 5.99. The molecule has 1 aromatic rings. The normalized spacial score (nSPS) is 19.6. The Bertz CT molecular complexity index is 586. The van der Waals surface area contributed by atoms with Crippen molar-refractivity contribution < 1.29 is 9.90 Å². The van der Waals surface area contributed by atoms with Crippen molar-refractivity contribution in [1.29, 1.82) is 0 Å². The van der Waals surface area contributed by atoms with Crippen LogP contribution in [0.4, 0.5) is 0 Å². The largest absolute Gasteiger partial charge is 0.507 e. The second-order valence-corrected chi connectivity index (χ2v) is 6.81. The number of rotatable bonds is 5. The molecule has 1 amide bonds. The number of carbonyl (C=O) groups is 1. The van der Waals surface area contributed by atoms with Crippen LogP contribution in [-0.4, -0.2) is 42.1 Å². The topological polar surface area (TPSA) is 52.6 Å². The zero-order chi connectivity index (χ0) is 16.8. The van der Waals surface area contributed by atoms with Crippen LogP contribution in [0.15, 0.2) is 23.8 Å². The van der Waals surface area contributed by atoms with Gasteiger partial charge in [-0.15, -0.1) is 0 Å². The van der Waals surface area contributed by atoms with E-state index < -0.39 is 0 Å². The molecular weight excluding hydrogens is 312 g/mol. The highest BCUT2D eigenvalue weighted by atomic mass is 35.5. The first-order chi connectivity index (χ1) is 10.9. The number of nitrogens with zero attached hydrogens (tertiary/aromatic N) is 1. The lowest BCUT2D eigenvalue weighted by Crippen LogP contribution is -2.41. The molecule has 1 atom stereocenters. The number of hydrogen-bond acceptors (Lipinski definition) is 3. The predicted octanol–water partition coefficient (Wildman–Crippen LogP) is 3.30. The van der Waals surface area contributed by atoms with Crippen LogP contribution in [0.5, 0.6) is 5.75 Å². The molecule has 0 spiro atoms. The number of piperidine rings is 1. The number of phenols is 1. The summed E-state index contributed by atoms with van der Waals surface area (Å²) in [7, 11) is 0. The molecule has 2 rings (SSSR count). The Morgan fingerprint density at radius 1 is 1.48 bits per heavy atom. The fourth-order valence-electron chi connectivity index (χ4n) is 3.05. The van der Waals surface area contributed by atoms with Gasteiger partial charge in [-0.1, -0.05) is 23.3 Å². The Balaban J connectivity index is 1.93. The smallest absolute Gasteiger partial charge is 0.216 e. The first-order valence-corrected chi connectivity index (χ1v) is 8.44. The Hall–Kier alpha value is -1.52. The van der Waals surface area contributed by atoms with Crippen LogP contribution in [0.3, 0.4) is 0 Å². The minimum Gasteiger partial charge on any atom is -0.507 e. The van der Waals surface area contributed by atoms with Crippen LogP contribution < -0.4 is 5.32 Å². The summed E-state index contributed by atoms with van der Waals surface area (Å²) in [6, 6.07) is 5.07. The number of nitrogens with one attached hydrogen (secondary N) is 1. The van der Waals surface area contributed by atoms with Gasteiger partial charge < -0.3 is 10.4 Å². The van der Waals surface area contributed by atoms with E-state index in [2.05, 4.69) is 17.1 Å². The van der Waals surface area contributed by atoms with Crippen LogP contribution in [0.25, 0.3) is 6.08 Å². The van der Waals surface area contributed by atoms with Crippen molar-refractivity contribution >= 4 is 23.6 Å². The van der Waals surface area contributed by atoms with E-state index in [4.69, 9.17) is 11.6 Å². The van der Waals surface area contributed by atoms with Gasteiger partial charge in [0.05, 0.1) is 0 Å². The molecule has 1 aliphatic rings. The molecule has 0 radical (unpaired) electrons. The van der Waals surface area contributed by atoms with Gasteiger partial charge >= 0.3 is 0 Å². The maximum absolute atomic E-state index is 11.0. The third-order valence-electron chi connectivity index (χ3n) is 4.11. The van der Waals surface area contributed by atoms with Crippen molar-refractivity contribution in [2.75, 3.05) is 26.2 Å². The summed E-state index contributed by atoms with van der Waals surface area (Å²) in [5.74, 6) is 0.797. The van der Waals surface area contributed by atoms with Gasteiger partial charge in [0.15, 0.2) is 0 Å². The summed E-state index contributed by atoms with van der Waals surface area (Å²) in [6.45, 7) is 7.31. The van der Waals surface area contributed by atoms with Crippen molar-refractivity contribution in [3.05, 3.63) is 34.4 Å². The van der Waals surface area contributed by atoms with Crippen molar-refractivity contribution in [3.8, 4) is 5.75 Å². The third-order valence-corrected chi connectivity index (χ3v) is 4.34. The zero-order valence-corrected chi connectivity index (χ0v) is 14.6. The molecule has 1 heterocycles. The quantitative estimate of drug-likeness (QED) is 0.867. The van der Waals surface area contributed by atoms with Crippen LogP contribution in [0, 0.1) is 5.92 Å². The maximum Gasteiger partial charge on any atom is 0.216 e. The first-order valence-electron chi connectivity index (χ1n) is 8.06. The van der Waals surface area contributed by atoms with E-state index in [-0.39, 0.29) is 11.7 Å². The summed E-state index contributed by atoms with van der Waals surface area (Å²) in [6.07, 6.45) is 4.30. The molecule has 0 aromatic heterocycles. The second-order valence-electron chi connectivity index (χ2n) is 6.37. The number of amides is 1. The molecule has 1 aromatic carbocycles. The summed E-state index contributed by atoms with van der Waals surface area (Å²) in [5, 5.41) is 13.4. The Labute approximate surface area is 143 Å². The number of aromatic hydroxyl groups is 1. The van der Waals surface area contributed by atoms with E-state index in [0.29, 0.717) is 10.9 Å². The summed E-state index contributed by atoms with van der Waals surface area (Å²) < 4.78 is 0. The minimum atomic E-state index is 0.0367. The van der Waals surface area contributed by atoms with E-state index in [9.17, 15) is 9.90 Å². The average molecular weight is 337 g/mol. The number of hydrogen-bond donors (Lipinski definition) is 2. The van der Waals surface area contributed by atoms with E-state index in [1.54, 1.807) is 25.1 Å². The molecule has 2 N–H and O–H groups in total. The molecule has 0 saturated carbocycles. The Morgan fingerprint density at radius 3 is 3.00 bits per heavy atom. The minimum absolute atomic E-state index is 0.0367. The number of benzene rings is 1. The molecule has 23 heavy (non-hydrogen) atoms. The number of phenolic OH excluding ortho intramolecular Hbond substituents is 1. The molecule has 1 aliphatic heterocycles. The highest BCUT2D eigenvalue weighted by Gasteiger charge is 2.20. The Morgan fingerprint density at radius 2 is 2.26 bits per heavy atom. The fourth-order valence-corrected chi connectivity index (χ4v) is 3.23. The van der Waals surface area contributed by atoms with E-state index in [0.717, 1.165) is 44.6 Å². The molecule has 126 valence electrons. The molecule has 1 saturated heterocycles. The van der Waals surface area contributed by atoms with E-state index >= 15 is 0 Å². The second kappa shape index (κ2) is 8.37. The van der Waals surface area contributed by atoms with Gasteiger partial charge in [0.1, 0.15) is 5.75 Å². The van der Waals surface area contributed by atoms with Gasteiger partial charge in [0, 0.05) is 37.1 Å². The zero-order valence-electron chi connectivity index (χ0n) is 13.8. The van der Waals surface area contributed by atoms with Gasteiger partial charge in [-0.3, -0.25) is 9.69 Å². The summed E-state index contributed by atoms with van der Waals surface area (Å²) in [4.78, 5) is 13.4. The lowest BCUT2D eigenvalue weighted by Gasteiger charge is -2.33. The van der Waals surface area contributed by atoms with Gasteiger partial charge in [0.2, 0.25) is 5.91 Å².